The van der Waals surface area contributed by atoms with Crippen molar-refractivity contribution in [2.45, 2.75) is 38.8 Å². The second-order valence-corrected chi connectivity index (χ2v) is 8.36. The van der Waals surface area contributed by atoms with Gasteiger partial charge in [0.05, 0.1) is 13.5 Å². The summed E-state index contributed by atoms with van der Waals surface area (Å²) >= 11 is 0. The molecule has 0 spiro atoms. The number of rotatable bonds is 8. The normalized spacial score (nSPS) is 15.5. The third-order valence-electron chi connectivity index (χ3n) is 6.12. The van der Waals surface area contributed by atoms with Crippen molar-refractivity contribution >= 4 is 11.7 Å². The molecule has 1 fully saturated rings. The number of nitrogens with zero attached hydrogens (tertiary/aromatic N) is 1. The number of halogens is 1. The van der Waals surface area contributed by atoms with Crippen LogP contribution < -0.4 is 14.4 Å². The van der Waals surface area contributed by atoms with E-state index < -0.39 is 5.97 Å². The summed E-state index contributed by atoms with van der Waals surface area (Å²) in [6, 6.07) is 18.4. The van der Waals surface area contributed by atoms with E-state index in [1.54, 1.807) is 19.2 Å². The van der Waals surface area contributed by atoms with Gasteiger partial charge in [-0.15, -0.1) is 0 Å². The zero-order chi connectivity index (χ0) is 23.4. The standard InChI is InChI=1S/C27H28FNO4/c1-18-14-19(5-11-24(18)25-16-23(32-2)10-12-26(25)28)17-33-22-8-6-20(7-9-22)29-13-3-4-21(29)15-27(30)31/h5-12,14,16,21H,3-4,13,15,17H2,1-2H3,(H,30,31)/t21-/m0/s1. The first-order valence-electron chi connectivity index (χ1n) is 11.1. The van der Waals surface area contributed by atoms with Crippen LogP contribution in [-0.2, 0) is 11.4 Å². The fraction of sp³-hybridized carbons (Fsp3) is 0.296. The highest BCUT2D eigenvalue weighted by Gasteiger charge is 2.26. The SMILES string of the molecule is COc1ccc(F)c(-c2ccc(COc3ccc(N4CCC[C@H]4CC(=O)O)cc3)cc2C)c1. The van der Waals surface area contributed by atoms with Crippen molar-refractivity contribution in [3.05, 3.63) is 77.6 Å². The van der Waals surface area contributed by atoms with E-state index in [-0.39, 0.29) is 18.3 Å². The summed E-state index contributed by atoms with van der Waals surface area (Å²) in [6.07, 6.45) is 2.07. The number of anilines is 1. The lowest BCUT2D eigenvalue weighted by Crippen LogP contribution is -2.31. The van der Waals surface area contributed by atoms with Gasteiger partial charge in [0.15, 0.2) is 0 Å². The molecule has 33 heavy (non-hydrogen) atoms. The van der Waals surface area contributed by atoms with Crippen molar-refractivity contribution in [2.24, 2.45) is 0 Å². The van der Waals surface area contributed by atoms with Gasteiger partial charge in [-0.25, -0.2) is 4.39 Å². The molecule has 1 aliphatic rings. The van der Waals surface area contributed by atoms with Crippen LogP contribution in [0.2, 0.25) is 0 Å². The quantitative estimate of drug-likeness (QED) is 0.469. The molecule has 0 bridgehead atoms. The van der Waals surface area contributed by atoms with E-state index in [1.165, 1.54) is 6.07 Å². The zero-order valence-electron chi connectivity index (χ0n) is 18.9. The monoisotopic (exact) mass is 449 g/mol. The summed E-state index contributed by atoms with van der Waals surface area (Å²) < 4.78 is 25.5. The van der Waals surface area contributed by atoms with Gasteiger partial charge in [0.1, 0.15) is 23.9 Å². The molecule has 172 valence electrons. The summed E-state index contributed by atoms with van der Waals surface area (Å²) in [4.78, 5) is 13.3. The van der Waals surface area contributed by atoms with Gasteiger partial charge in [-0.05, 0) is 78.9 Å². The van der Waals surface area contributed by atoms with Gasteiger partial charge in [0.2, 0.25) is 0 Å². The highest BCUT2D eigenvalue weighted by Crippen LogP contribution is 2.31. The Kier molecular flexibility index (Phi) is 6.82. The van der Waals surface area contributed by atoms with Crippen molar-refractivity contribution in [1.29, 1.82) is 0 Å². The second kappa shape index (κ2) is 9.94. The van der Waals surface area contributed by atoms with Crippen molar-refractivity contribution in [1.82, 2.24) is 0 Å². The molecule has 0 saturated carbocycles. The number of carboxylic acids is 1. The predicted octanol–water partition coefficient (Wildman–Crippen LogP) is 5.83. The molecule has 4 rings (SSSR count). The number of hydrogen-bond acceptors (Lipinski definition) is 4. The number of carboxylic acid groups (broad SMARTS) is 1. The second-order valence-electron chi connectivity index (χ2n) is 8.36. The molecule has 1 atom stereocenters. The molecule has 1 N–H and O–H groups in total. The van der Waals surface area contributed by atoms with Crippen LogP contribution in [0.5, 0.6) is 11.5 Å². The topological polar surface area (TPSA) is 59.0 Å². The molecule has 1 saturated heterocycles. The number of benzene rings is 3. The summed E-state index contributed by atoms with van der Waals surface area (Å²) in [5, 5.41) is 9.13. The lowest BCUT2D eigenvalue weighted by molar-refractivity contribution is -0.137. The van der Waals surface area contributed by atoms with Crippen molar-refractivity contribution < 1.29 is 23.8 Å². The maximum atomic E-state index is 14.4. The lowest BCUT2D eigenvalue weighted by Gasteiger charge is -2.25. The first-order chi connectivity index (χ1) is 15.9. The third kappa shape index (κ3) is 5.28. The number of ether oxygens (including phenoxy) is 2. The Morgan fingerprint density at radius 3 is 2.52 bits per heavy atom. The highest BCUT2D eigenvalue weighted by molar-refractivity contribution is 5.70. The average molecular weight is 450 g/mol. The van der Waals surface area contributed by atoms with Gasteiger partial charge >= 0.3 is 5.97 Å². The van der Waals surface area contributed by atoms with Crippen LogP contribution in [0.25, 0.3) is 11.1 Å². The molecule has 3 aromatic carbocycles. The lowest BCUT2D eigenvalue weighted by atomic mass is 9.98. The molecule has 0 unspecified atom stereocenters. The number of aliphatic carboxylic acids is 1. The number of carbonyl (C=O) groups is 1. The maximum Gasteiger partial charge on any atom is 0.305 e. The third-order valence-corrected chi connectivity index (χ3v) is 6.12. The van der Waals surface area contributed by atoms with E-state index in [0.717, 1.165) is 47.5 Å². The van der Waals surface area contributed by atoms with Crippen LogP contribution in [0.4, 0.5) is 10.1 Å². The minimum atomic E-state index is -0.762. The van der Waals surface area contributed by atoms with Gasteiger partial charge in [-0.1, -0.05) is 18.2 Å². The van der Waals surface area contributed by atoms with Crippen molar-refractivity contribution in [3.8, 4) is 22.6 Å². The Morgan fingerprint density at radius 1 is 1.06 bits per heavy atom. The summed E-state index contributed by atoms with van der Waals surface area (Å²) in [5.74, 6) is 0.312. The van der Waals surface area contributed by atoms with Gasteiger partial charge in [-0.3, -0.25) is 4.79 Å². The molecule has 3 aromatic rings. The summed E-state index contributed by atoms with van der Waals surface area (Å²) in [5.41, 5.74) is 4.30. The smallest absolute Gasteiger partial charge is 0.305 e. The van der Waals surface area contributed by atoms with E-state index in [9.17, 15) is 9.18 Å². The predicted molar refractivity (Wildman–Crippen MR) is 127 cm³/mol. The molecule has 1 heterocycles. The largest absolute Gasteiger partial charge is 0.497 e. The minimum Gasteiger partial charge on any atom is -0.497 e. The molecule has 1 aliphatic heterocycles. The van der Waals surface area contributed by atoms with Crippen LogP contribution in [0.15, 0.2) is 60.7 Å². The van der Waals surface area contributed by atoms with E-state index in [0.29, 0.717) is 17.9 Å². The van der Waals surface area contributed by atoms with Crippen LogP contribution >= 0.6 is 0 Å². The molecular weight excluding hydrogens is 421 g/mol. The molecule has 6 heteroatoms. The van der Waals surface area contributed by atoms with Crippen LogP contribution in [-0.4, -0.2) is 30.8 Å². The number of methoxy groups -OCH3 is 1. The molecule has 0 aromatic heterocycles. The molecular formula is C27H28FNO4. The molecule has 0 amide bonds. The van der Waals surface area contributed by atoms with Crippen LogP contribution in [0.1, 0.15) is 30.4 Å². The zero-order valence-corrected chi connectivity index (χ0v) is 18.9. The van der Waals surface area contributed by atoms with Gasteiger partial charge < -0.3 is 19.5 Å². The fourth-order valence-corrected chi connectivity index (χ4v) is 4.45. The van der Waals surface area contributed by atoms with Gasteiger partial charge in [0.25, 0.3) is 0 Å². The first kappa shape index (κ1) is 22.6. The van der Waals surface area contributed by atoms with E-state index in [1.807, 2.05) is 49.4 Å². The van der Waals surface area contributed by atoms with E-state index in [2.05, 4.69) is 4.90 Å². The highest BCUT2D eigenvalue weighted by atomic mass is 19.1. The number of aryl methyl sites for hydroxylation is 1. The van der Waals surface area contributed by atoms with Crippen LogP contribution in [0, 0.1) is 12.7 Å². The van der Waals surface area contributed by atoms with Crippen molar-refractivity contribution in [2.75, 3.05) is 18.6 Å². The summed E-state index contributed by atoms with van der Waals surface area (Å²) in [7, 11) is 1.57. The number of hydrogen-bond donors (Lipinski definition) is 1. The molecule has 0 aliphatic carbocycles. The molecule has 5 nitrogen and oxygen atoms in total. The van der Waals surface area contributed by atoms with E-state index in [4.69, 9.17) is 14.6 Å². The average Bonchev–Trinajstić information content (AvgIpc) is 3.26. The maximum absolute atomic E-state index is 14.4. The van der Waals surface area contributed by atoms with Gasteiger partial charge in [0, 0.05) is 23.8 Å². The van der Waals surface area contributed by atoms with E-state index >= 15 is 0 Å². The first-order valence-corrected chi connectivity index (χ1v) is 11.1. The van der Waals surface area contributed by atoms with Crippen LogP contribution in [0.3, 0.4) is 0 Å². The minimum absolute atomic E-state index is 0.0465. The Labute approximate surface area is 193 Å². The fourth-order valence-electron chi connectivity index (χ4n) is 4.45. The Morgan fingerprint density at radius 2 is 1.82 bits per heavy atom. The summed E-state index contributed by atoms with van der Waals surface area (Å²) in [6.45, 7) is 3.22. The van der Waals surface area contributed by atoms with Crippen molar-refractivity contribution in [3.63, 3.8) is 0 Å². The Balaban J connectivity index is 1.41. The Hall–Kier alpha value is -3.54. The Bertz CT molecular complexity index is 1130. The molecule has 0 radical (unpaired) electrons. The van der Waals surface area contributed by atoms with Gasteiger partial charge in [-0.2, -0.15) is 0 Å².